The van der Waals surface area contributed by atoms with E-state index in [1.165, 1.54) is 11.1 Å². The van der Waals surface area contributed by atoms with Gasteiger partial charge in [-0.3, -0.25) is 0 Å². The van der Waals surface area contributed by atoms with Crippen LogP contribution in [0.25, 0.3) is 0 Å². The maximum absolute atomic E-state index is 6.27. The summed E-state index contributed by atoms with van der Waals surface area (Å²) >= 11 is 0. The van der Waals surface area contributed by atoms with E-state index in [0.717, 1.165) is 39.7 Å². The minimum Gasteiger partial charge on any atom is -0.453 e. The third-order valence-electron chi connectivity index (χ3n) is 4.30. The van der Waals surface area contributed by atoms with Crippen LogP contribution >= 0.6 is 0 Å². The molecule has 3 aromatic carbocycles. The second-order valence-corrected chi connectivity index (χ2v) is 6.64. The standard InChI is InChI=1S/C23H24O2/c1-15-9-11-17(3)21(13-15)24-20-8-6-7-19(5)23(20)25-22-14-16(2)10-12-18(22)4/h6-14H,1-5H3. The lowest BCUT2D eigenvalue weighted by Gasteiger charge is -2.17. The molecule has 2 heteroatoms. The first kappa shape index (κ1) is 17.1. The number of benzene rings is 3. The van der Waals surface area contributed by atoms with Gasteiger partial charge in [0.05, 0.1) is 0 Å². The minimum atomic E-state index is 0.731. The highest BCUT2D eigenvalue weighted by Gasteiger charge is 2.13. The summed E-state index contributed by atoms with van der Waals surface area (Å²) in [6, 6.07) is 18.4. The molecule has 0 aliphatic heterocycles. The summed E-state index contributed by atoms with van der Waals surface area (Å²) in [6.45, 7) is 10.3. The zero-order chi connectivity index (χ0) is 18.0. The molecule has 0 fully saturated rings. The van der Waals surface area contributed by atoms with Gasteiger partial charge in [-0.05, 0) is 80.6 Å². The van der Waals surface area contributed by atoms with Gasteiger partial charge >= 0.3 is 0 Å². The Hall–Kier alpha value is -2.74. The van der Waals surface area contributed by atoms with E-state index in [2.05, 4.69) is 64.1 Å². The van der Waals surface area contributed by atoms with Crippen LogP contribution in [0, 0.1) is 34.6 Å². The number of para-hydroxylation sites is 1. The van der Waals surface area contributed by atoms with Gasteiger partial charge in [0, 0.05) is 0 Å². The minimum absolute atomic E-state index is 0.731. The molecule has 0 spiro atoms. The van der Waals surface area contributed by atoms with Crippen LogP contribution in [0.4, 0.5) is 0 Å². The number of hydrogen-bond acceptors (Lipinski definition) is 2. The molecule has 3 rings (SSSR count). The molecule has 0 saturated heterocycles. The van der Waals surface area contributed by atoms with Gasteiger partial charge in [-0.1, -0.05) is 36.4 Å². The van der Waals surface area contributed by atoms with Crippen LogP contribution in [0.15, 0.2) is 54.6 Å². The summed E-state index contributed by atoms with van der Waals surface area (Å²) in [4.78, 5) is 0. The van der Waals surface area contributed by atoms with Gasteiger partial charge in [0.2, 0.25) is 0 Å². The van der Waals surface area contributed by atoms with Crippen LogP contribution in [0.2, 0.25) is 0 Å². The lowest BCUT2D eigenvalue weighted by atomic mass is 10.1. The number of rotatable bonds is 4. The molecular formula is C23H24O2. The van der Waals surface area contributed by atoms with Crippen LogP contribution in [-0.4, -0.2) is 0 Å². The Kier molecular flexibility index (Phi) is 4.80. The molecule has 0 atom stereocenters. The molecule has 0 saturated carbocycles. The van der Waals surface area contributed by atoms with E-state index in [1.54, 1.807) is 0 Å². The first-order valence-electron chi connectivity index (χ1n) is 8.54. The van der Waals surface area contributed by atoms with Crippen molar-refractivity contribution in [3.63, 3.8) is 0 Å². The molecule has 0 aromatic heterocycles. The van der Waals surface area contributed by atoms with Crippen molar-refractivity contribution in [1.29, 1.82) is 0 Å². The summed E-state index contributed by atoms with van der Waals surface area (Å²) in [6.07, 6.45) is 0. The van der Waals surface area contributed by atoms with Crippen molar-refractivity contribution in [2.45, 2.75) is 34.6 Å². The van der Waals surface area contributed by atoms with Crippen LogP contribution < -0.4 is 9.47 Å². The van der Waals surface area contributed by atoms with Crippen LogP contribution in [0.3, 0.4) is 0 Å². The average molecular weight is 332 g/mol. The van der Waals surface area contributed by atoms with E-state index >= 15 is 0 Å². The molecule has 3 aromatic rings. The molecule has 0 N–H and O–H groups in total. The van der Waals surface area contributed by atoms with Gasteiger partial charge in [0.1, 0.15) is 11.5 Å². The Balaban J connectivity index is 2.00. The molecule has 2 nitrogen and oxygen atoms in total. The third-order valence-corrected chi connectivity index (χ3v) is 4.30. The predicted molar refractivity (Wildman–Crippen MR) is 103 cm³/mol. The number of ether oxygens (including phenoxy) is 2. The first-order valence-corrected chi connectivity index (χ1v) is 8.54. The quantitative estimate of drug-likeness (QED) is 0.522. The Morgan fingerprint density at radius 3 is 1.68 bits per heavy atom. The van der Waals surface area contributed by atoms with E-state index in [1.807, 2.05) is 25.1 Å². The Bertz CT molecular complexity index is 910. The maximum atomic E-state index is 6.27. The fourth-order valence-electron chi connectivity index (χ4n) is 2.70. The highest BCUT2D eigenvalue weighted by molar-refractivity contribution is 5.52. The summed E-state index contributed by atoms with van der Waals surface area (Å²) in [7, 11) is 0. The normalized spacial score (nSPS) is 10.6. The molecule has 25 heavy (non-hydrogen) atoms. The van der Waals surface area contributed by atoms with Gasteiger partial charge in [0.15, 0.2) is 11.5 Å². The molecule has 0 bridgehead atoms. The van der Waals surface area contributed by atoms with Crippen LogP contribution in [-0.2, 0) is 0 Å². The van der Waals surface area contributed by atoms with Crippen LogP contribution in [0.5, 0.6) is 23.0 Å². The smallest absolute Gasteiger partial charge is 0.172 e. The van der Waals surface area contributed by atoms with E-state index in [4.69, 9.17) is 9.47 Å². The van der Waals surface area contributed by atoms with Crippen molar-refractivity contribution in [2.24, 2.45) is 0 Å². The largest absolute Gasteiger partial charge is 0.453 e. The number of aryl methyl sites for hydroxylation is 5. The fraction of sp³-hybridized carbons (Fsp3) is 0.217. The summed E-state index contributed by atoms with van der Waals surface area (Å²) in [5.41, 5.74) is 5.59. The number of hydrogen-bond donors (Lipinski definition) is 0. The predicted octanol–water partition coefficient (Wildman–Crippen LogP) is 6.81. The highest BCUT2D eigenvalue weighted by atomic mass is 16.5. The van der Waals surface area contributed by atoms with Crippen molar-refractivity contribution < 1.29 is 9.47 Å². The van der Waals surface area contributed by atoms with Gasteiger partial charge in [-0.2, -0.15) is 0 Å². The SMILES string of the molecule is Cc1ccc(C)c(Oc2cccc(C)c2Oc2cc(C)ccc2C)c1. The lowest BCUT2D eigenvalue weighted by molar-refractivity contribution is 0.413. The van der Waals surface area contributed by atoms with E-state index in [-0.39, 0.29) is 0 Å². The van der Waals surface area contributed by atoms with Gasteiger partial charge in [-0.15, -0.1) is 0 Å². The summed E-state index contributed by atoms with van der Waals surface area (Å²) < 4.78 is 12.5. The topological polar surface area (TPSA) is 18.5 Å². The Morgan fingerprint density at radius 1 is 0.520 bits per heavy atom. The monoisotopic (exact) mass is 332 g/mol. The zero-order valence-electron chi connectivity index (χ0n) is 15.5. The van der Waals surface area contributed by atoms with E-state index in [0.29, 0.717) is 0 Å². The second kappa shape index (κ2) is 7.02. The maximum Gasteiger partial charge on any atom is 0.172 e. The lowest BCUT2D eigenvalue weighted by Crippen LogP contribution is -1.96. The fourth-order valence-corrected chi connectivity index (χ4v) is 2.70. The van der Waals surface area contributed by atoms with Crippen molar-refractivity contribution in [3.8, 4) is 23.0 Å². The molecule has 0 aliphatic rings. The Labute approximate surface area is 150 Å². The molecule has 0 radical (unpaired) electrons. The second-order valence-electron chi connectivity index (χ2n) is 6.64. The van der Waals surface area contributed by atoms with E-state index in [9.17, 15) is 0 Å². The molecule has 0 heterocycles. The van der Waals surface area contributed by atoms with Crippen molar-refractivity contribution in [1.82, 2.24) is 0 Å². The highest BCUT2D eigenvalue weighted by Crippen LogP contribution is 2.39. The van der Waals surface area contributed by atoms with Gasteiger partial charge < -0.3 is 9.47 Å². The average Bonchev–Trinajstić information content (AvgIpc) is 2.57. The third kappa shape index (κ3) is 3.85. The van der Waals surface area contributed by atoms with E-state index < -0.39 is 0 Å². The molecular weight excluding hydrogens is 308 g/mol. The summed E-state index contributed by atoms with van der Waals surface area (Å²) in [5, 5.41) is 0. The Morgan fingerprint density at radius 2 is 1.08 bits per heavy atom. The van der Waals surface area contributed by atoms with Gasteiger partial charge in [-0.25, -0.2) is 0 Å². The van der Waals surface area contributed by atoms with Crippen LogP contribution in [0.1, 0.15) is 27.8 Å². The molecule has 0 aliphatic carbocycles. The zero-order valence-corrected chi connectivity index (χ0v) is 15.5. The van der Waals surface area contributed by atoms with Crippen molar-refractivity contribution in [3.05, 3.63) is 82.4 Å². The first-order chi connectivity index (χ1) is 11.9. The molecule has 0 amide bonds. The molecule has 128 valence electrons. The van der Waals surface area contributed by atoms with Crippen molar-refractivity contribution >= 4 is 0 Å². The van der Waals surface area contributed by atoms with Gasteiger partial charge in [0.25, 0.3) is 0 Å². The van der Waals surface area contributed by atoms with Crippen molar-refractivity contribution in [2.75, 3.05) is 0 Å². The summed E-state index contributed by atoms with van der Waals surface area (Å²) in [5.74, 6) is 3.21. The molecule has 0 unspecified atom stereocenters.